The molecule has 0 aromatic heterocycles. The summed E-state index contributed by atoms with van der Waals surface area (Å²) in [6, 6.07) is 4.14. The molecule has 0 spiro atoms. The van der Waals surface area contributed by atoms with E-state index < -0.39 is 18.4 Å². The Morgan fingerprint density at radius 2 is 2.00 bits per heavy atom. The van der Waals surface area contributed by atoms with E-state index in [1.807, 2.05) is 0 Å². The van der Waals surface area contributed by atoms with Gasteiger partial charge in [-0.05, 0) is 18.6 Å². The van der Waals surface area contributed by atoms with Gasteiger partial charge in [0.1, 0.15) is 10.8 Å². The summed E-state index contributed by atoms with van der Waals surface area (Å²) in [5.74, 6) is -0.594. The lowest BCUT2D eigenvalue weighted by Crippen LogP contribution is -2.17. The molecule has 0 saturated heterocycles. The van der Waals surface area contributed by atoms with E-state index in [1.54, 1.807) is 0 Å². The Balaban J connectivity index is 2.63. The highest BCUT2D eigenvalue weighted by Crippen LogP contribution is 2.22. The Kier molecular flexibility index (Phi) is 4.89. The van der Waals surface area contributed by atoms with Crippen LogP contribution in [0, 0.1) is 5.82 Å². The van der Waals surface area contributed by atoms with Crippen LogP contribution in [0.15, 0.2) is 18.2 Å². The molecule has 0 aliphatic heterocycles. The molecule has 0 atom stereocenters. The van der Waals surface area contributed by atoms with Crippen molar-refractivity contribution in [3.63, 3.8) is 0 Å². The van der Waals surface area contributed by atoms with Gasteiger partial charge in [0.25, 0.3) is 0 Å². The quantitative estimate of drug-likeness (QED) is 0.494. The summed E-state index contributed by atoms with van der Waals surface area (Å²) in [6.07, 6.45) is -5.18. The molecule has 0 radical (unpaired) electrons. The first-order valence-electron chi connectivity index (χ1n) is 5.20. The summed E-state index contributed by atoms with van der Waals surface area (Å²) in [7, 11) is 0. The third-order valence-electron chi connectivity index (χ3n) is 2.21. The van der Waals surface area contributed by atoms with Gasteiger partial charge >= 0.3 is 6.18 Å². The summed E-state index contributed by atoms with van der Waals surface area (Å²) in [4.78, 5) is -0.133. The fourth-order valence-electron chi connectivity index (χ4n) is 1.43. The first kappa shape index (κ1) is 14.7. The van der Waals surface area contributed by atoms with Gasteiger partial charge in [0.2, 0.25) is 0 Å². The molecule has 7 heteroatoms. The molecule has 0 heterocycles. The largest absolute Gasteiger partial charge is 0.389 e. The average Bonchev–Trinajstić information content (AvgIpc) is 2.22. The predicted octanol–water partition coefficient (Wildman–Crippen LogP) is 3.21. The van der Waals surface area contributed by atoms with Crippen molar-refractivity contribution in [3.8, 4) is 0 Å². The maximum absolute atomic E-state index is 13.4. The highest BCUT2D eigenvalue weighted by Gasteiger charge is 2.25. The SMILES string of the molecule is NC(=S)c1c(F)cccc1NCCCC(F)(F)F. The zero-order chi connectivity index (χ0) is 13.8. The number of nitrogens with one attached hydrogen (secondary N) is 1. The fraction of sp³-hybridized carbons (Fsp3) is 0.364. The minimum absolute atomic E-state index is 0.0273. The number of benzene rings is 1. The zero-order valence-corrected chi connectivity index (χ0v) is 10.2. The number of hydrogen-bond acceptors (Lipinski definition) is 2. The van der Waals surface area contributed by atoms with E-state index in [0.29, 0.717) is 5.69 Å². The van der Waals surface area contributed by atoms with Crippen LogP contribution >= 0.6 is 12.2 Å². The van der Waals surface area contributed by atoms with Gasteiger partial charge in [0, 0.05) is 18.7 Å². The lowest BCUT2D eigenvalue weighted by Gasteiger charge is -2.12. The van der Waals surface area contributed by atoms with E-state index in [-0.39, 0.29) is 23.5 Å². The molecular formula is C11H12F4N2S. The molecule has 100 valence electrons. The summed E-state index contributed by atoms with van der Waals surface area (Å²) in [5.41, 5.74) is 5.70. The number of hydrogen-bond donors (Lipinski definition) is 2. The van der Waals surface area contributed by atoms with E-state index in [9.17, 15) is 17.6 Å². The first-order chi connectivity index (χ1) is 8.31. The van der Waals surface area contributed by atoms with Crippen LogP contribution in [0.25, 0.3) is 0 Å². The van der Waals surface area contributed by atoms with Crippen molar-refractivity contribution in [2.24, 2.45) is 5.73 Å². The Bertz CT molecular complexity index is 432. The van der Waals surface area contributed by atoms with Crippen LogP contribution in [-0.2, 0) is 0 Å². The van der Waals surface area contributed by atoms with Crippen LogP contribution in [0.1, 0.15) is 18.4 Å². The number of thiocarbonyl (C=S) groups is 1. The average molecular weight is 280 g/mol. The molecule has 1 rings (SSSR count). The second kappa shape index (κ2) is 5.99. The molecule has 3 N–H and O–H groups in total. The van der Waals surface area contributed by atoms with Crippen molar-refractivity contribution >= 4 is 22.9 Å². The minimum atomic E-state index is -4.18. The minimum Gasteiger partial charge on any atom is -0.389 e. The van der Waals surface area contributed by atoms with E-state index in [4.69, 9.17) is 18.0 Å². The van der Waals surface area contributed by atoms with Gasteiger partial charge in [-0.3, -0.25) is 0 Å². The van der Waals surface area contributed by atoms with Gasteiger partial charge in [-0.2, -0.15) is 13.2 Å². The monoisotopic (exact) mass is 280 g/mol. The van der Waals surface area contributed by atoms with E-state index in [0.717, 1.165) is 0 Å². The molecule has 0 fully saturated rings. The highest BCUT2D eigenvalue weighted by molar-refractivity contribution is 7.80. The fourth-order valence-corrected chi connectivity index (χ4v) is 1.64. The van der Waals surface area contributed by atoms with Gasteiger partial charge < -0.3 is 11.1 Å². The van der Waals surface area contributed by atoms with E-state index in [1.165, 1.54) is 18.2 Å². The number of anilines is 1. The molecule has 2 nitrogen and oxygen atoms in total. The van der Waals surface area contributed by atoms with Gasteiger partial charge in [-0.25, -0.2) is 4.39 Å². The van der Waals surface area contributed by atoms with Crippen molar-refractivity contribution in [1.82, 2.24) is 0 Å². The van der Waals surface area contributed by atoms with E-state index >= 15 is 0 Å². The number of rotatable bonds is 5. The first-order valence-corrected chi connectivity index (χ1v) is 5.61. The number of alkyl halides is 3. The highest BCUT2D eigenvalue weighted by atomic mass is 32.1. The number of nitrogens with two attached hydrogens (primary N) is 1. The van der Waals surface area contributed by atoms with Crippen molar-refractivity contribution in [2.75, 3.05) is 11.9 Å². The predicted molar refractivity (Wildman–Crippen MR) is 66.1 cm³/mol. The molecule has 0 amide bonds. The maximum atomic E-state index is 13.4. The Labute approximate surface area is 107 Å². The standard InChI is InChI=1S/C11H12F4N2S/c12-7-3-1-4-8(9(7)10(16)18)17-6-2-5-11(13,14)15/h1,3-4,17H,2,5-6H2,(H2,16,18). The molecule has 0 saturated carbocycles. The lowest BCUT2D eigenvalue weighted by atomic mass is 10.1. The van der Waals surface area contributed by atoms with Crippen molar-refractivity contribution in [3.05, 3.63) is 29.6 Å². The molecule has 18 heavy (non-hydrogen) atoms. The van der Waals surface area contributed by atoms with E-state index in [2.05, 4.69) is 5.32 Å². The third kappa shape index (κ3) is 4.48. The van der Waals surface area contributed by atoms with Gasteiger partial charge in [0.15, 0.2) is 0 Å². The zero-order valence-electron chi connectivity index (χ0n) is 9.35. The van der Waals surface area contributed by atoms with Crippen LogP contribution in [0.3, 0.4) is 0 Å². The van der Waals surface area contributed by atoms with Crippen molar-refractivity contribution in [2.45, 2.75) is 19.0 Å². The Morgan fingerprint density at radius 1 is 1.33 bits per heavy atom. The van der Waals surface area contributed by atoms with Crippen LogP contribution < -0.4 is 11.1 Å². The van der Waals surface area contributed by atoms with Crippen LogP contribution in [0.5, 0.6) is 0 Å². The van der Waals surface area contributed by atoms with Gasteiger partial charge in [0.05, 0.1) is 5.56 Å². The molecule has 0 aliphatic carbocycles. The molecule has 0 unspecified atom stereocenters. The number of halogens is 4. The second-order valence-corrected chi connectivity index (χ2v) is 4.11. The van der Waals surface area contributed by atoms with Crippen LogP contribution in [0.4, 0.5) is 23.2 Å². The summed E-state index contributed by atoms with van der Waals surface area (Å²) in [6.45, 7) is 0.0680. The van der Waals surface area contributed by atoms with Crippen LogP contribution in [0.2, 0.25) is 0 Å². The lowest BCUT2D eigenvalue weighted by molar-refractivity contribution is -0.134. The Hall–Kier alpha value is -1.37. The summed E-state index contributed by atoms with van der Waals surface area (Å²) in [5, 5.41) is 2.70. The molecular weight excluding hydrogens is 268 g/mol. The smallest absolute Gasteiger partial charge is 0.389 e. The molecule has 1 aromatic rings. The maximum Gasteiger partial charge on any atom is 0.389 e. The molecule has 0 bridgehead atoms. The van der Waals surface area contributed by atoms with Crippen molar-refractivity contribution < 1.29 is 17.6 Å². The Morgan fingerprint density at radius 3 is 2.56 bits per heavy atom. The van der Waals surface area contributed by atoms with Crippen LogP contribution in [-0.4, -0.2) is 17.7 Å². The summed E-state index contributed by atoms with van der Waals surface area (Å²) < 4.78 is 49.2. The molecule has 0 aliphatic rings. The second-order valence-electron chi connectivity index (χ2n) is 3.67. The van der Waals surface area contributed by atoms with Gasteiger partial charge in [-0.15, -0.1) is 0 Å². The normalized spacial score (nSPS) is 11.3. The summed E-state index contributed by atoms with van der Waals surface area (Å²) >= 11 is 4.69. The molecule has 1 aromatic carbocycles. The van der Waals surface area contributed by atoms with Gasteiger partial charge in [-0.1, -0.05) is 18.3 Å². The topological polar surface area (TPSA) is 38.0 Å². The van der Waals surface area contributed by atoms with Crippen molar-refractivity contribution in [1.29, 1.82) is 0 Å². The third-order valence-corrected chi connectivity index (χ3v) is 2.42.